The maximum atomic E-state index is 10.4. The Labute approximate surface area is 133 Å². The van der Waals surface area contributed by atoms with Crippen LogP contribution in [0.2, 0.25) is 10.0 Å². The van der Waals surface area contributed by atoms with E-state index in [1.165, 1.54) is 12.1 Å². The molecule has 0 fully saturated rings. The maximum absolute atomic E-state index is 10.4. The lowest BCUT2D eigenvalue weighted by molar-refractivity contribution is 0.00304. The number of halogens is 2. The topological polar surface area (TPSA) is 94.8 Å². The van der Waals surface area contributed by atoms with Crippen LogP contribution < -0.4 is 0 Å². The quantitative estimate of drug-likeness (QED) is 0.690. The number of hydrogen-bond acceptors (Lipinski definition) is 5. The largest absolute Gasteiger partial charge is 0.396 e. The van der Waals surface area contributed by atoms with E-state index in [4.69, 9.17) is 38.5 Å². The summed E-state index contributed by atoms with van der Waals surface area (Å²) in [4.78, 5) is 20.7. The van der Waals surface area contributed by atoms with Gasteiger partial charge in [0.05, 0.1) is 29.9 Å². The van der Waals surface area contributed by atoms with Crippen LogP contribution in [0.3, 0.4) is 0 Å². The van der Waals surface area contributed by atoms with E-state index in [1.54, 1.807) is 0 Å². The molecular formula is C14H18Cl2O5. The number of aldehydes is 2. The number of benzene rings is 1. The number of rotatable bonds is 6. The molecule has 0 heterocycles. The van der Waals surface area contributed by atoms with E-state index in [1.807, 2.05) is 6.92 Å². The number of carbonyl (C=O) groups is 2. The summed E-state index contributed by atoms with van der Waals surface area (Å²) in [6, 6.07) is 2.72. The third kappa shape index (κ3) is 5.73. The van der Waals surface area contributed by atoms with Crippen molar-refractivity contribution in [3.8, 4) is 0 Å². The van der Waals surface area contributed by atoms with E-state index in [0.717, 1.165) is 0 Å². The van der Waals surface area contributed by atoms with Gasteiger partial charge in [0.15, 0.2) is 12.6 Å². The number of aliphatic hydroxyl groups is 3. The third-order valence-corrected chi connectivity index (χ3v) is 3.78. The van der Waals surface area contributed by atoms with Crippen LogP contribution in [0, 0.1) is 5.41 Å². The highest BCUT2D eigenvalue weighted by molar-refractivity contribution is 6.37. The van der Waals surface area contributed by atoms with Gasteiger partial charge in [-0.15, -0.1) is 0 Å². The van der Waals surface area contributed by atoms with Crippen LogP contribution in [0.5, 0.6) is 0 Å². The minimum absolute atomic E-state index is 0.156. The minimum atomic E-state index is -0.667. The molecule has 3 N–H and O–H groups in total. The Hall–Kier alpha value is -0.980. The molecule has 0 saturated heterocycles. The van der Waals surface area contributed by atoms with E-state index in [2.05, 4.69) is 0 Å². The first-order valence-electron chi connectivity index (χ1n) is 6.15. The van der Waals surface area contributed by atoms with Gasteiger partial charge >= 0.3 is 0 Å². The summed E-state index contributed by atoms with van der Waals surface area (Å²) in [5.41, 5.74) is -0.133. The molecule has 0 unspecified atom stereocenters. The summed E-state index contributed by atoms with van der Waals surface area (Å²) in [7, 11) is 0. The smallest absolute Gasteiger partial charge is 0.151 e. The van der Waals surface area contributed by atoms with Crippen molar-refractivity contribution < 1.29 is 24.9 Å². The monoisotopic (exact) mass is 336 g/mol. The molecule has 1 rings (SSSR count). The summed E-state index contributed by atoms with van der Waals surface area (Å²) in [6.45, 7) is 1.35. The zero-order valence-electron chi connectivity index (χ0n) is 11.6. The molecule has 118 valence electrons. The highest BCUT2D eigenvalue weighted by Gasteiger charge is 2.24. The molecule has 0 aromatic heterocycles. The van der Waals surface area contributed by atoms with Gasteiger partial charge in [-0.05, 0) is 18.6 Å². The first-order chi connectivity index (χ1) is 9.93. The molecule has 1 aromatic rings. The van der Waals surface area contributed by atoms with Crippen molar-refractivity contribution >= 4 is 35.8 Å². The van der Waals surface area contributed by atoms with E-state index in [9.17, 15) is 9.59 Å². The van der Waals surface area contributed by atoms with Gasteiger partial charge in [0.1, 0.15) is 0 Å². The molecule has 0 bridgehead atoms. The fourth-order valence-corrected chi connectivity index (χ4v) is 1.72. The van der Waals surface area contributed by atoms with Gasteiger partial charge in [-0.25, -0.2) is 0 Å². The van der Waals surface area contributed by atoms with Crippen molar-refractivity contribution in [2.75, 3.05) is 19.8 Å². The molecule has 21 heavy (non-hydrogen) atoms. The summed E-state index contributed by atoms with van der Waals surface area (Å²) < 4.78 is 0. The number of aliphatic hydroxyl groups excluding tert-OH is 3. The molecular weight excluding hydrogens is 319 g/mol. The lowest BCUT2D eigenvalue weighted by atomic mass is 9.88. The molecule has 1 aromatic carbocycles. The molecule has 0 aliphatic rings. The SMILES string of the molecule is CCC(CO)(CO)CO.O=Cc1cc(C=O)c(Cl)cc1Cl. The van der Waals surface area contributed by atoms with Gasteiger partial charge in [0.25, 0.3) is 0 Å². The molecule has 0 atom stereocenters. The molecule has 0 aliphatic heterocycles. The number of hydrogen-bond donors (Lipinski definition) is 3. The van der Waals surface area contributed by atoms with E-state index < -0.39 is 5.41 Å². The third-order valence-electron chi connectivity index (χ3n) is 3.13. The second-order valence-corrected chi connectivity index (χ2v) is 5.27. The standard InChI is InChI=1S/C8H4Cl2O2.C6H14O3/c9-7-2-8(10)6(4-12)1-5(7)3-11;1-2-6(3-7,4-8)5-9/h1-4H;7-9H,2-5H2,1H3. The van der Waals surface area contributed by atoms with Crippen LogP contribution in [0.15, 0.2) is 12.1 Å². The first-order valence-corrected chi connectivity index (χ1v) is 6.91. The zero-order valence-corrected chi connectivity index (χ0v) is 13.1. The summed E-state index contributed by atoms with van der Waals surface area (Å²) in [5.74, 6) is 0. The van der Waals surface area contributed by atoms with Crippen molar-refractivity contribution in [2.45, 2.75) is 13.3 Å². The summed E-state index contributed by atoms with van der Waals surface area (Å²) >= 11 is 11.3. The van der Waals surface area contributed by atoms with E-state index in [0.29, 0.717) is 19.0 Å². The van der Waals surface area contributed by atoms with Crippen LogP contribution in [0.25, 0.3) is 0 Å². The lowest BCUT2D eigenvalue weighted by Gasteiger charge is -2.24. The summed E-state index contributed by atoms with van der Waals surface area (Å²) in [6.07, 6.45) is 1.74. The van der Waals surface area contributed by atoms with Crippen LogP contribution >= 0.6 is 23.2 Å². The van der Waals surface area contributed by atoms with Gasteiger partial charge in [-0.2, -0.15) is 0 Å². The zero-order chi connectivity index (χ0) is 16.5. The van der Waals surface area contributed by atoms with Gasteiger partial charge in [-0.1, -0.05) is 30.1 Å². The Kier molecular flexibility index (Phi) is 9.41. The Bertz CT molecular complexity index is 426. The first kappa shape index (κ1) is 20.0. The Morgan fingerprint density at radius 1 is 0.952 bits per heavy atom. The highest BCUT2D eigenvalue weighted by Crippen LogP contribution is 2.23. The Balaban J connectivity index is 0.000000400. The average Bonchev–Trinajstić information content (AvgIpc) is 2.51. The molecule has 7 heteroatoms. The Morgan fingerprint density at radius 3 is 1.52 bits per heavy atom. The minimum Gasteiger partial charge on any atom is -0.396 e. The van der Waals surface area contributed by atoms with Gasteiger partial charge in [0, 0.05) is 16.5 Å². The molecule has 5 nitrogen and oxygen atoms in total. The molecule has 0 aliphatic carbocycles. The van der Waals surface area contributed by atoms with Crippen molar-refractivity contribution in [2.24, 2.45) is 5.41 Å². The van der Waals surface area contributed by atoms with Gasteiger partial charge in [-0.3, -0.25) is 9.59 Å². The maximum Gasteiger partial charge on any atom is 0.151 e. The average molecular weight is 337 g/mol. The van der Waals surface area contributed by atoms with Crippen LogP contribution in [-0.4, -0.2) is 47.7 Å². The fraction of sp³-hybridized carbons (Fsp3) is 0.429. The molecule has 0 saturated carbocycles. The lowest BCUT2D eigenvalue weighted by Crippen LogP contribution is -2.32. The second-order valence-electron chi connectivity index (χ2n) is 4.46. The molecule has 0 radical (unpaired) electrons. The Morgan fingerprint density at radius 2 is 1.33 bits per heavy atom. The fourth-order valence-electron chi connectivity index (χ4n) is 1.25. The van der Waals surface area contributed by atoms with Crippen molar-refractivity contribution in [3.63, 3.8) is 0 Å². The van der Waals surface area contributed by atoms with Crippen molar-refractivity contribution in [1.29, 1.82) is 0 Å². The van der Waals surface area contributed by atoms with Crippen LogP contribution in [-0.2, 0) is 0 Å². The molecule has 0 spiro atoms. The van der Waals surface area contributed by atoms with Crippen molar-refractivity contribution in [1.82, 2.24) is 0 Å². The van der Waals surface area contributed by atoms with Crippen molar-refractivity contribution in [3.05, 3.63) is 33.3 Å². The van der Waals surface area contributed by atoms with E-state index >= 15 is 0 Å². The van der Waals surface area contributed by atoms with Crippen LogP contribution in [0.4, 0.5) is 0 Å². The van der Waals surface area contributed by atoms with Gasteiger partial charge in [0.2, 0.25) is 0 Å². The molecule has 0 amide bonds. The normalized spacial score (nSPS) is 10.6. The second kappa shape index (κ2) is 9.87. The van der Waals surface area contributed by atoms with Crippen LogP contribution in [0.1, 0.15) is 34.1 Å². The number of carbonyl (C=O) groups excluding carboxylic acids is 2. The van der Waals surface area contributed by atoms with Gasteiger partial charge < -0.3 is 15.3 Å². The highest BCUT2D eigenvalue weighted by atomic mass is 35.5. The predicted molar refractivity (Wildman–Crippen MR) is 81.2 cm³/mol. The predicted octanol–water partition coefficient (Wildman–Crippen LogP) is 1.98. The summed E-state index contributed by atoms with van der Waals surface area (Å²) in [5, 5.41) is 26.5. The van der Waals surface area contributed by atoms with E-state index in [-0.39, 0.29) is 41.0 Å².